The molecule has 1 aromatic heterocycles. The van der Waals surface area contributed by atoms with Crippen LogP contribution in [0.3, 0.4) is 0 Å². The van der Waals surface area contributed by atoms with E-state index in [0.717, 1.165) is 48.4 Å². The van der Waals surface area contributed by atoms with Crippen molar-refractivity contribution in [3.63, 3.8) is 0 Å². The van der Waals surface area contributed by atoms with Crippen LogP contribution in [0, 0.1) is 13.8 Å². The van der Waals surface area contributed by atoms with Crippen LogP contribution in [0.15, 0.2) is 12.1 Å². The van der Waals surface area contributed by atoms with Gasteiger partial charge in [-0.1, -0.05) is 12.8 Å². The zero-order chi connectivity index (χ0) is 21.9. The van der Waals surface area contributed by atoms with E-state index in [-0.39, 0.29) is 11.5 Å². The van der Waals surface area contributed by atoms with Gasteiger partial charge in [0.15, 0.2) is 11.5 Å². The van der Waals surface area contributed by atoms with E-state index in [4.69, 9.17) is 9.47 Å². The molecule has 31 heavy (non-hydrogen) atoms. The molecule has 1 fully saturated rings. The van der Waals surface area contributed by atoms with Gasteiger partial charge in [0.25, 0.3) is 11.7 Å². The predicted octanol–water partition coefficient (Wildman–Crippen LogP) is 3.41. The summed E-state index contributed by atoms with van der Waals surface area (Å²) in [6, 6.07) is 3.94. The molecule has 0 N–H and O–H groups in total. The van der Waals surface area contributed by atoms with Crippen molar-refractivity contribution >= 4 is 11.7 Å². The number of Topliss-reactive ketones (excluding diaryl/α,β-unsaturated/α-hetero) is 1. The van der Waals surface area contributed by atoms with E-state index in [1.807, 2.05) is 19.9 Å². The average molecular weight is 424 g/mol. The third-order valence-electron chi connectivity index (χ3n) is 7.43. The lowest BCUT2D eigenvalue weighted by Crippen LogP contribution is -2.50. The standard InChI is InChI=1S/C24H29N3O4/c1-14-21(16(3)26(4)25-14)22(28)23(29)27-13-24(7-5-6-8-24)18-12-20-19(30-9-10-31-20)11-17(18)15(27)2/h11-12,15H,5-10,13H2,1-4H3. The molecule has 3 heterocycles. The molecule has 0 radical (unpaired) electrons. The Morgan fingerprint density at radius 2 is 1.74 bits per heavy atom. The van der Waals surface area contributed by atoms with Crippen molar-refractivity contribution in [2.24, 2.45) is 7.05 Å². The zero-order valence-corrected chi connectivity index (χ0v) is 18.7. The lowest BCUT2D eigenvalue weighted by atomic mass is 9.71. The van der Waals surface area contributed by atoms with Crippen LogP contribution in [0.5, 0.6) is 11.5 Å². The summed E-state index contributed by atoms with van der Waals surface area (Å²) < 4.78 is 13.3. The molecule has 7 heteroatoms. The van der Waals surface area contributed by atoms with Crippen molar-refractivity contribution in [3.8, 4) is 11.5 Å². The van der Waals surface area contributed by atoms with Crippen molar-refractivity contribution in [1.82, 2.24) is 14.7 Å². The van der Waals surface area contributed by atoms with Gasteiger partial charge in [-0.2, -0.15) is 5.10 Å². The highest BCUT2D eigenvalue weighted by atomic mass is 16.6. The molecular weight excluding hydrogens is 394 g/mol. The number of ether oxygens (including phenoxy) is 2. The van der Waals surface area contributed by atoms with E-state index in [1.165, 1.54) is 5.56 Å². The van der Waals surface area contributed by atoms with Crippen LogP contribution in [0.1, 0.15) is 71.5 Å². The molecule has 1 spiro atoms. The lowest BCUT2D eigenvalue weighted by Gasteiger charge is -2.46. The minimum Gasteiger partial charge on any atom is -0.486 e. The number of benzene rings is 1. The molecule has 1 atom stereocenters. The number of rotatable bonds is 2. The van der Waals surface area contributed by atoms with Crippen LogP contribution >= 0.6 is 0 Å². The minimum absolute atomic E-state index is 0.132. The number of hydrogen-bond acceptors (Lipinski definition) is 5. The summed E-state index contributed by atoms with van der Waals surface area (Å²) in [6.07, 6.45) is 4.27. The fourth-order valence-corrected chi connectivity index (χ4v) is 5.69. The second-order valence-electron chi connectivity index (χ2n) is 9.18. The van der Waals surface area contributed by atoms with Crippen molar-refractivity contribution in [3.05, 3.63) is 40.2 Å². The largest absolute Gasteiger partial charge is 0.486 e. The second kappa shape index (κ2) is 7.11. The third-order valence-corrected chi connectivity index (χ3v) is 7.43. The first kappa shape index (κ1) is 20.1. The van der Waals surface area contributed by atoms with Crippen LogP contribution < -0.4 is 9.47 Å². The Hall–Kier alpha value is -2.83. The van der Waals surface area contributed by atoms with Crippen LogP contribution in [-0.4, -0.2) is 46.1 Å². The summed E-state index contributed by atoms with van der Waals surface area (Å²) in [5.74, 6) is 0.605. The first-order valence-corrected chi connectivity index (χ1v) is 11.1. The molecule has 1 amide bonds. The lowest BCUT2D eigenvalue weighted by molar-refractivity contribution is -0.130. The number of amides is 1. The highest BCUT2D eigenvalue weighted by Crippen LogP contribution is 2.52. The Balaban J connectivity index is 1.57. The SMILES string of the molecule is Cc1nn(C)c(C)c1C(=O)C(=O)N1CC2(CCCC2)c2cc3c(cc2C1C)OCCO3. The number of fused-ring (bicyclic) bond motifs is 3. The van der Waals surface area contributed by atoms with Gasteiger partial charge in [-0.15, -0.1) is 0 Å². The minimum atomic E-state index is -0.468. The topological polar surface area (TPSA) is 73.7 Å². The number of nitrogens with zero attached hydrogens (tertiary/aromatic N) is 3. The normalized spacial score (nSPS) is 21.3. The molecule has 1 aromatic carbocycles. The Kier molecular flexibility index (Phi) is 4.61. The number of carbonyl (C=O) groups excluding carboxylic acids is 2. The van der Waals surface area contributed by atoms with E-state index in [0.29, 0.717) is 31.0 Å². The van der Waals surface area contributed by atoms with Gasteiger partial charge in [-0.3, -0.25) is 14.3 Å². The molecule has 2 aromatic rings. The second-order valence-corrected chi connectivity index (χ2v) is 9.18. The molecule has 1 unspecified atom stereocenters. The van der Waals surface area contributed by atoms with Gasteiger partial charge in [0, 0.05) is 24.7 Å². The molecule has 5 rings (SSSR count). The summed E-state index contributed by atoms with van der Waals surface area (Å²) in [6.45, 7) is 7.25. The predicted molar refractivity (Wildman–Crippen MR) is 115 cm³/mol. The molecule has 0 bridgehead atoms. The Bertz CT molecular complexity index is 1080. The summed E-state index contributed by atoms with van der Waals surface area (Å²) >= 11 is 0. The van der Waals surface area contributed by atoms with E-state index in [2.05, 4.69) is 11.2 Å². The molecular formula is C24H29N3O4. The summed E-state index contributed by atoms with van der Waals surface area (Å²) in [5.41, 5.74) is 3.93. The van der Waals surface area contributed by atoms with E-state index < -0.39 is 11.7 Å². The van der Waals surface area contributed by atoms with Gasteiger partial charge >= 0.3 is 0 Å². The van der Waals surface area contributed by atoms with E-state index >= 15 is 0 Å². The fourth-order valence-electron chi connectivity index (χ4n) is 5.69. The number of ketones is 1. The Morgan fingerprint density at radius 3 is 2.35 bits per heavy atom. The Labute approximate surface area is 182 Å². The maximum absolute atomic E-state index is 13.5. The van der Waals surface area contributed by atoms with Crippen LogP contribution in [0.25, 0.3) is 0 Å². The highest BCUT2D eigenvalue weighted by molar-refractivity contribution is 6.43. The number of aryl methyl sites for hydroxylation is 2. The van der Waals surface area contributed by atoms with Crippen molar-refractivity contribution in [1.29, 1.82) is 0 Å². The molecule has 7 nitrogen and oxygen atoms in total. The molecule has 2 aliphatic heterocycles. The van der Waals surface area contributed by atoms with Gasteiger partial charge in [0.1, 0.15) is 13.2 Å². The fraction of sp³-hybridized carbons (Fsp3) is 0.542. The van der Waals surface area contributed by atoms with Crippen LogP contribution in [-0.2, 0) is 17.3 Å². The quantitative estimate of drug-likeness (QED) is 0.547. The first-order chi connectivity index (χ1) is 14.8. The maximum Gasteiger partial charge on any atom is 0.295 e. The summed E-state index contributed by atoms with van der Waals surface area (Å²) in [7, 11) is 1.79. The zero-order valence-electron chi connectivity index (χ0n) is 18.7. The summed E-state index contributed by atoms with van der Waals surface area (Å²) in [4.78, 5) is 28.6. The van der Waals surface area contributed by atoms with Crippen LogP contribution in [0.4, 0.5) is 0 Å². The molecule has 0 saturated heterocycles. The number of hydrogen-bond donors (Lipinski definition) is 0. The van der Waals surface area contributed by atoms with Crippen molar-refractivity contribution in [2.45, 2.75) is 57.9 Å². The third kappa shape index (κ3) is 2.97. The smallest absolute Gasteiger partial charge is 0.295 e. The number of aromatic nitrogens is 2. The van der Waals surface area contributed by atoms with Crippen molar-refractivity contribution in [2.75, 3.05) is 19.8 Å². The monoisotopic (exact) mass is 423 g/mol. The van der Waals surface area contributed by atoms with Gasteiger partial charge in [0.05, 0.1) is 17.3 Å². The molecule has 1 aliphatic carbocycles. The number of carbonyl (C=O) groups is 2. The van der Waals surface area contributed by atoms with Crippen LogP contribution in [0.2, 0.25) is 0 Å². The van der Waals surface area contributed by atoms with E-state index in [9.17, 15) is 9.59 Å². The highest BCUT2D eigenvalue weighted by Gasteiger charge is 2.47. The van der Waals surface area contributed by atoms with Gasteiger partial charge in [-0.05, 0) is 56.9 Å². The molecule has 164 valence electrons. The maximum atomic E-state index is 13.5. The molecule has 3 aliphatic rings. The average Bonchev–Trinajstić information content (AvgIpc) is 3.33. The first-order valence-electron chi connectivity index (χ1n) is 11.1. The van der Waals surface area contributed by atoms with E-state index in [1.54, 1.807) is 23.6 Å². The van der Waals surface area contributed by atoms with Gasteiger partial charge in [0.2, 0.25) is 0 Å². The van der Waals surface area contributed by atoms with Crippen molar-refractivity contribution < 1.29 is 19.1 Å². The Morgan fingerprint density at radius 1 is 1.10 bits per heavy atom. The van der Waals surface area contributed by atoms with Gasteiger partial charge in [-0.25, -0.2) is 0 Å². The summed E-state index contributed by atoms with van der Waals surface area (Å²) in [5, 5.41) is 4.33. The van der Waals surface area contributed by atoms with Gasteiger partial charge < -0.3 is 14.4 Å². The molecule has 1 saturated carbocycles.